The smallest absolute Gasteiger partial charge is 0.308 e. The van der Waals surface area contributed by atoms with Gasteiger partial charge in [0.1, 0.15) is 5.75 Å². The molecule has 1 aliphatic heterocycles. The molecule has 1 fully saturated rings. The van der Waals surface area contributed by atoms with Crippen molar-refractivity contribution in [2.45, 2.75) is 34.4 Å². The van der Waals surface area contributed by atoms with Crippen LogP contribution in [0.1, 0.15) is 23.6 Å². The normalized spacial score (nSPS) is 19.6. The fraction of sp³-hybridized carbons (Fsp3) is 0.345. The molecule has 1 aliphatic rings. The Labute approximate surface area is 239 Å². The van der Waals surface area contributed by atoms with Gasteiger partial charge >= 0.3 is 5.97 Å². The highest BCUT2D eigenvalue weighted by molar-refractivity contribution is 8.00. The predicted octanol–water partition coefficient (Wildman–Crippen LogP) is 5.03. The van der Waals surface area contributed by atoms with Gasteiger partial charge < -0.3 is 24.1 Å². The molecular formula is C29H33NO8S2. The van der Waals surface area contributed by atoms with Gasteiger partial charge in [-0.1, -0.05) is 17.7 Å². The molecule has 3 atom stereocenters. The summed E-state index contributed by atoms with van der Waals surface area (Å²) in [6.07, 6.45) is 0.234. The number of rotatable bonds is 10. The first kappa shape index (κ1) is 29.6. The lowest BCUT2D eigenvalue weighted by Gasteiger charge is -2.42. The summed E-state index contributed by atoms with van der Waals surface area (Å²) in [4.78, 5) is 13.5. The lowest BCUT2D eigenvalue weighted by Crippen LogP contribution is -2.49. The van der Waals surface area contributed by atoms with Crippen molar-refractivity contribution in [3.63, 3.8) is 0 Å². The van der Waals surface area contributed by atoms with E-state index in [9.17, 15) is 18.3 Å². The van der Waals surface area contributed by atoms with Crippen LogP contribution in [-0.4, -0.2) is 64.0 Å². The summed E-state index contributed by atoms with van der Waals surface area (Å²) in [5, 5.41) is 9.81. The number of carbonyl (C=O) groups is 1. The second-order valence-electron chi connectivity index (χ2n) is 9.37. The Morgan fingerprint density at radius 1 is 0.900 bits per heavy atom. The van der Waals surface area contributed by atoms with Gasteiger partial charge in [0.15, 0.2) is 11.5 Å². The standard InChI is InChI=1S/C29H33NO8S2/c1-18-6-12-22(13-7-18)40(33,34)30-17-23(29(31)32)27(39-21-10-8-20(35-2)9-11-21)16-24(30)19-14-25(36-3)28(38-5)26(15-19)37-4/h6-15,23-24,27H,16-17H2,1-5H3,(H,31,32)/t23-,24+,27-/m1/s1. The minimum atomic E-state index is -4.07. The van der Waals surface area contributed by atoms with Crippen LogP contribution in [0.3, 0.4) is 0 Å². The molecule has 9 nitrogen and oxygen atoms in total. The predicted molar refractivity (Wildman–Crippen MR) is 152 cm³/mol. The summed E-state index contributed by atoms with van der Waals surface area (Å²) < 4.78 is 51.2. The number of nitrogens with zero attached hydrogens (tertiary/aromatic N) is 1. The average molecular weight is 588 g/mol. The number of hydrogen-bond donors (Lipinski definition) is 1. The molecule has 11 heteroatoms. The van der Waals surface area contributed by atoms with Crippen molar-refractivity contribution >= 4 is 27.8 Å². The van der Waals surface area contributed by atoms with E-state index in [-0.39, 0.29) is 17.9 Å². The van der Waals surface area contributed by atoms with Crippen LogP contribution in [0.4, 0.5) is 0 Å². The van der Waals surface area contributed by atoms with Gasteiger partial charge in [0, 0.05) is 16.7 Å². The topological polar surface area (TPSA) is 112 Å². The molecule has 3 aromatic carbocycles. The first-order chi connectivity index (χ1) is 19.1. The number of hydrogen-bond acceptors (Lipinski definition) is 8. The number of aliphatic carboxylic acids is 1. The van der Waals surface area contributed by atoms with Crippen molar-refractivity contribution in [3.8, 4) is 23.0 Å². The van der Waals surface area contributed by atoms with E-state index in [1.165, 1.54) is 37.4 Å². The van der Waals surface area contributed by atoms with Crippen molar-refractivity contribution in [2.24, 2.45) is 5.92 Å². The Kier molecular flexibility index (Phi) is 9.17. The summed E-state index contributed by atoms with van der Waals surface area (Å²) in [6.45, 7) is 1.66. The van der Waals surface area contributed by atoms with Crippen LogP contribution >= 0.6 is 11.8 Å². The van der Waals surface area contributed by atoms with Gasteiger partial charge in [-0.05, 0) is 67.4 Å². The van der Waals surface area contributed by atoms with Gasteiger partial charge in [-0.3, -0.25) is 4.79 Å². The molecule has 1 N–H and O–H groups in total. The van der Waals surface area contributed by atoms with E-state index in [0.717, 1.165) is 10.5 Å². The Bertz CT molecular complexity index is 1420. The number of aryl methyl sites for hydroxylation is 1. The second kappa shape index (κ2) is 12.4. The number of ether oxygens (including phenoxy) is 4. The molecule has 1 heterocycles. The van der Waals surface area contributed by atoms with E-state index < -0.39 is 33.2 Å². The lowest BCUT2D eigenvalue weighted by molar-refractivity contribution is -0.143. The van der Waals surface area contributed by atoms with Gasteiger partial charge in [-0.2, -0.15) is 4.31 Å². The SMILES string of the molecule is COc1ccc(S[C@@H]2C[C@@H](c3cc(OC)c(OC)c(OC)c3)N(S(=O)(=O)c3ccc(C)cc3)C[C@H]2C(=O)O)cc1. The zero-order chi connectivity index (χ0) is 29.0. The highest BCUT2D eigenvalue weighted by atomic mass is 32.2. The first-order valence-corrected chi connectivity index (χ1v) is 14.9. The van der Waals surface area contributed by atoms with Crippen molar-refractivity contribution < 1.29 is 37.3 Å². The van der Waals surface area contributed by atoms with Gasteiger partial charge in [0.25, 0.3) is 0 Å². The number of piperidine rings is 1. The molecule has 1 saturated heterocycles. The molecule has 0 aliphatic carbocycles. The number of benzene rings is 3. The number of methoxy groups -OCH3 is 4. The Hall–Kier alpha value is -3.41. The molecule has 40 heavy (non-hydrogen) atoms. The second-order valence-corrected chi connectivity index (χ2v) is 12.6. The largest absolute Gasteiger partial charge is 0.497 e. The average Bonchev–Trinajstić information content (AvgIpc) is 2.96. The van der Waals surface area contributed by atoms with Crippen LogP contribution in [0.25, 0.3) is 0 Å². The van der Waals surface area contributed by atoms with Crippen molar-refractivity contribution in [1.29, 1.82) is 0 Å². The molecule has 214 valence electrons. The molecule has 0 spiro atoms. The molecule has 0 amide bonds. The summed E-state index contributed by atoms with van der Waals surface area (Å²) in [5.74, 6) is -0.184. The van der Waals surface area contributed by atoms with Crippen LogP contribution in [0.15, 0.2) is 70.5 Å². The van der Waals surface area contributed by atoms with Crippen molar-refractivity contribution in [2.75, 3.05) is 35.0 Å². The van der Waals surface area contributed by atoms with Crippen LogP contribution in [-0.2, 0) is 14.8 Å². The molecule has 0 aromatic heterocycles. The van der Waals surface area contributed by atoms with E-state index in [0.29, 0.717) is 28.6 Å². The Morgan fingerprint density at radius 3 is 2.00 bits per heavy atom. The van der Waals surface area contributed by atoms with Gasteiger partial charge in [-0.25, -0.2) is 8.42 Å². The fourth-order valence-corrected chi connectivity index (χ4v) is 7.78. The highest BCUT2D eigenvalue weighted by Gasteiger charge is 2.46. The maximum absolute atomic E-state index is 14.0. The number of carboxylic acids is 1. The molecule has 0 radical (unpaired) electrons. The van der Waals surface area contributed by atoms with Gasteiger partial charge in [0.05, 0.1) is 45.3 Å². The third kappa shape index (κ3) is 6.01. The van der Waals surface area contributed by atoms with Crippen LogP contribution < -0.4 is 18.9 Å². The monoisotopic (exact) mass is 587 g/mol. The van der Waals surface area contributed by atoms with Gasteiger partial charge in [-0.15, -0.1) is 11.8 Å². The molecule has 0 saturated carbocycles. The fourth-order valence-electron chi connectivity index (χ4n) is 4.84. The van der Waals surface area contributed by atoms with E-state index in [4.69, 9.17) is 18.9 Å². The third-order valence-electron chi connectivity index (χ3n) is 6.99. The molecule has 0 unspecified atom stereocenters. The number of sulfonamides is 1. The maximum atomic E-state index is 14.0. The quantitative estimate of drug-likeness (QED) is 0.349. The third-order valence-corrected chi connectivity index (χ3v) is 10.2. The van der Waals surface area contributed by atoms with Crippen molar-refractivity contribution in [3.05, 3.63) is 71.8 Å². The van der Waals surface area contributed by atoms with E-state index in [1.54, 1.807) is 43.5 Å². The number of carboxylic acid groups (broad SMARTS) is 1. The molecule has 4 rings (SSSR count). The van der Waals surface area contributed by atoms with Crippen LogP contribution in [0.2, 0.25) is 0 Å². The van der Waals surface area contributed by atoms with Crippen molar-refractivity contribution in [1.82, 2.24) is 4.31 Å². The van der Waals surface area contributed by atoms with E-state index in [2.05, 4.69) is 0 Å². The summed E-state index contributed by atoms with van der Waals surface area (Å²) in [6, 6.07) is 16.6. The van der Waals surface area contributed by atoms with E-state index in [1.807, 2.05) is 31.2 Å². The van der Waals surface area contributed by atoms with Crippen LogP contribution in [0, 0.1) is 12.8 Å². The summed E-state index contributed by atoms with van der Waals surface area (Å²) in [7, 11) is 1.98. The lowest BCUT2D eigenvalue weighted by atomic mass is 9.90. The Morgan fingerprint density at radius 2 is 1.50 bits per heavy atom. The van der Waals surface area contributed by atoms with Gasteiger partial charge in [0.2, 0.25) is 15.8 Å². The zero-order valence-corrected chi connectivity index (χ0v) is 24.6. The highest BCUT2D eigenvalue weighted by Crippen LogP contribution is 2.47. The molecular weight excluding hydrogens is 554 g/mol. The van der Waals surface area contributed by atoms with E-state index >= 15 is 0 Å². The molecule has 3 aromatic rings. The molecule has 0 bridgehead atoms. The minimum Gasteiger partial charge on any atom is -0.497 e. The zero-order valence-electron chi connectivity index (χ0n) is 23.0. The summed E-state index contributed by atoms with van der Waals surface area (Å²) in [5.41, 5.74) is 1.52. The first-order valence-electron chi connectivity index (χ1n) is 12.5. The minimum absolute atomic E-state index is 0.0981. The summed E-state index contributed by atoms with van der Waals surface area (Å²) >= 11 is 1.41. The number of thioether (sulfide) groups is 1. The Balaban J connectivity index is 1.83. The van der Waals surface area contributed by atoms with Crippen LogP contribution in [0.5, 0.6) is 23.0 Å². The maximum Gasteiger partial charge on any atom is 0.308 e.